The van der Waals surface area contributed by atoms with Crippen LogP contribution in [0.3, 0.4) is 0 Å². The zero-order valence-corrected chi connectivity index (χ0v) is 16.2. The standard InChI is InChI=1S/C24H23N3O2/c1-27(19-8-3-2-4-9-19)20-10-11-21-17(14-20)6-5-7-18(21)15-26-23-16-25-13-12-22(23)24(28)29/h2-5,7-14,16,18,26H,6,15H2,1H3,(H,28,29)/t18-/m0/s1. The van der Waals surface area contributed by atoms with Crippen LogP contribution in [0.1, 0.15) is 27.4 Å². The van der Waals surface area contributed by atoms with E-state index in [1.165, 1.54) is 23.4 Å². The molecule has 5 nitrogen and oxygen atoms in total. The fourth-order valence-corrected chi connectivity index (χ4v) is 3.72. The van der Waals surface area contributed by atoms with Crippen LogP contribution in [0.4, 0.5) is 17.1 Å². The molecule has 1 aliphatic carbocycles. The lowest BCUT2D eigenvalue weighted by atomic mass is 9.87. The van der Waals surface area contributed by atoms with E-state index in [2.05, 4.69) is 64.7 Å². The van der Waals surface area contributed by atoms with Crippen molar-refractivity contribution in [3.8, 4) is 0 Å². The molecule has 3 aromatic rings. The monoisotopic (exact) mass is 385 g/mol. The van der Waals surface area contributed by atoms with E-state index in [1.54, 1.807) is 6.20 Å². The van der Waals surface area contributed by atoms with Crippen molar-refractivity contribution in [3.63, 3.8) is 0 Å². The van der Waals surface area contributed by atoms with Gasteiger partial charge in [-0.05, 0) is 47.9 Å². The molecular weight excluding hydrogens is 362 g/mol. The van der Waals surface area contributed by atoms with E-state index in [9.17, 15) is 9.90 Å². The van der Waals surface area contributed by atoms with Crippen LogP contribution in [0, 0.1) is 0 Å². The molecule has 4 rings (SSSR count). The Balaban J connectivity index is 1.53. The number of pyridine rings is 1. The van der Waals surface area contributed by atoms with Crippen LogP contribution >= 0.6 is 0 Å². The first-order chi connectivity index (χ1) is 14.1. The van der Waals surface area contributed by atoms with E-state index in [0.717, 1.165) is 17.8 Å². The minimum Gasteiger partial charge on any atom is -0.478 e. The molecule has 0 unspecified atom stereocenters. The molecule has 0 aliphatic heterocycles. The van der Waals surface area contributed by atoms with E-state index in [4.69, 9.17) is 0 Å². The maximum absolute atomic E-state index is 11.4. The number of carboxylic acid groups (broad SMARTS) is 1. The van der Waals surface area contributed by atoms with E-state index in [1.807, 2.05) is 18.2 Å². The summed E-state index contributed by atoms with van der Waals surface area (Å²) in [7, 11) is 2.07. The van der Waals surface area contributed by atoms with Crippen molar-refractivity contribution >= 4 is 23.0 Å². The Hall–Kier alpha value is -3.60. The van der Waals surface area contributed by atoms with Crippen molar-refractivity contribution in [2.45, 2.75) is 12.3 Å². The van der Waals surface area contributed by atoms with Gasteiger partial charge < -0.3 is 15.3 Å². The Labute approximate surface area is 170 Å². The molecule has 2 aromatic carbocycles. The molecule has 5 heteroatoms. The lowest BCUT2D eigenvalue weighted by Gasteiger charge is -2.25. The van der Waals surface area contributed by atoms with E-state index < -0.39 is 5.97 Å². The van der Waals surface area contributed by atoms with E-state index >= 15 is 0 Å². The number of hydrogen-bond donors (Lipinski definition) is 2. The average Bonchev–Trinajstić information content (AvgIpc) is 2.77. The Morgan fingerprint density at radius 1 is 1.17 bits per heavy atom. The third kappa shape index (κ3) is 3.99. The predicted octanol–water partition coefficient (Wildman–Crippen LogP) is 4.86. The predicted molar refractivity (Wildman–Crippen MR) is 116 cm³/mol. The Morgan fingerprint density at radius 2 is 2.00 bits per heavy atom. The van der Waals surface area contributed by atoms with Crippen LogP contribution in [-0.2, 0) is 6.42 Å². The smallest absolute Gasteiger partial charge is 0.337 e. The van der Waals surface area contributed by atoms with Gasteiger partial charge in [-0.2, -0.15) is 0 Å². The molecule has 1 aromatic heterocycles. The van der Waals surface area contributed by atoms with Crippen LogP contribution in [0.25, 0.3) is 0 Å². The van der Waals surface area contributed by atoms with Crippen molar-refractivity contribution in [3.05, 3.63) is 95.8 Å². The third-order valence-corrected chi connectivity index (χ3v) is 5.33. The second-order valence-corrected chi connectivity index (χ2v) is 7.12. The number of benzene rings is 2. The minimum atomic E-state index is -0.955. The van der Waals surface area contributed by atoms with Gasteiger partial charge in [-0.1, -0.05) is 36.4 Å². The number of nitrogens with one attached hydrogen (secondary N) is 1. The molecule has 1 aliphatic rings. The second kappa shape index (κ2) is 8.19. The maximum Gasteiger partial charge on any atom is 0.337 e. The van der Waals surface area contributed by atoms with Gasteiger partial charge in [0.05, 0.1) is 17.4 Å². The normalized spacial score (nSPS) is 14.9. The number of para-hydroxylation sites is 1. The summed E-state index contributed by atoms with van der Waals surface area (Å²) in [5, 5.41) is 12.6. The van der Waals surface area contributed by atoms with Crippen LogP contribution in [0.15, 0.2) is 79.1 Å². The zero-order chi connectivity index (χ0) is 20.2. The highest BCUT2D eigenvalue weighted by atomic mass is 16.4. The third-order valence-electron chi connectivity index (χ3n) is 5.33. The number of rotatable bonds is 6. The number of allylic oxidation sites excluding steroid dienone is 1. The fourth-order valence-electron chi connectivity index (χ4n) is 3.72. The molecular formula is C24H23N3O2. The number of aromatic nitrogens is 1. The summed E-state index contributed by atoms with van der Waals surface area (Å²) in [5.41, 5.74) is 5.64. The molecule has 0 saturated carbocycles. The topological polar surface area (TPSA) is 65.5 Å². The molecule has 0 fully saturated rings. The summed E-state index contributed by atoms with van der Waals surface area (Å²) in [6, 6.07) is 18.4. The summed E-state index contributed by atoms with van der Waals surface area (Å²) in [5.74, 6) is -0.778. The molecule has 0 spiro atoms. The highest BCUT2D eigenvalue weighted by Gasteiger charge is 2.18. The molecule has 146 valence electrons. The van der Waals surface area contributed by atoms with Crippen molar-refractivity contribution in [1.82, 2.24) is 4.98 Å². The maximum atomic E-state index is 11.4. The van der Waals surface area contributed by atoms with Crippen molar-refractivity contribution < 1.29 is 9.90 Å². The minimum absolute atomic E-state index is 0.177. The second-order valence-electron chi connectivity index (χ2n) is 7.12. The van der Waals surface area contributed by atoms with Gasteiger partial charge in [0.2, 0.25) is 0 Å². The van der Waals surface area contributed by atoms with Crippen molar-refractivity contribution in [2.75, 3.05) is 23.8 Å². The summed E-state index contributed by atoms with van der Waals surface area (Å²) in [6.07, 6.45) is 8.33. The number of carbonyl (C=O) groups is 1. The van der Waals surface area contributed by atoms with Gasteiger partial charge in [-0.15, -0.1) is 0 Å². The molecule has 0 radical (unpaired) electrons. The molecule has 0 amide bonds. The molecule has 0 saturated heterocycles. The Kier molecular flexibility index (Phi) is 5.29. The molecule has 29 heavy (non-hydrogen) atoms. The highest BCUT2D eigenvalue weighted by molar-refractivity contribution is 5.93. The average molecular weight is 385 g/mol. The van der Waals surface area contributed by atoms with Crippen LogP contribution in [0.2, 0.25) is 0 Å². The number of hydrogen-bond acceptors (Lipinski definition) is 4. The summed E-state index contributed by atoms with van der Waals surface area (Å²) in [4.78, 5) is 17.6. The largest absolute Gasteiger partial charge is 0.478 e. The number of aromatic carboxylic acids is 1. The van der Waals surface area contributed by atoms with Crippen molar-refractivity contribution in [1.29, 1.82) is 0 Å². The van der Waals surface area contributed by atoms with Gasteiger partial charge in [-0.3, -0.25) is 4.98 Å². The number of anilines is 3. The summed E-state index contributed by atoms with van der Waals surface area (Å²) in [6.45, 7) is 0.614. The van der Waals surface area contributed by atoms with Gasteiger partial charge >= 0.3 is 5.97 Å². The van der Waals surface area contributed by atoms with E-state index in [-0.39, 0.29) is 11.5 Å². The molecule has 2 N–H and O–H groups in total. The first-order valence-corrected chi connectivity index (χ1v) is 9.63. The van der Waals surface area contributed by atoms with Gasteiger partial charge in [0, 0.05) is 37.1 Å². The highest BCUT2D eigenvalue weighted by Crippen LogP contribution is 2.32. The van der Waals surface area contributed by atoms with Crippen LogP contribution < -0.4 is 10.2 Å². The summed E-state index contributed by atoms with van der Waals surface area (Å²) < 4.78 is 0. The Morgan fingerprint density at radius 3 is 2.79 bits per heavy atom. The van der Waals surface area contributed by atoms with Gasteiger partial charge in [-0.25, -0.2) is 4.79 Å². The molecule has 1 heterocycles. The lowest BCUT2D eigenvalue weighted by Crippen LogP contribution is -2.17. The number of carboxylic acids is 1. The van der Waals surface area contributed by atoms with Gasteiger partial charge in [0.1, 0.15) is 0 Å². The zero-order valence-electron chi connectivity index (χ0n) is 16.2. The summed E-state index contributed by atoms with van der Waals surface area (Å²) >= 11 is 0. The van der Waals surface area contributed by atoms with Crippen LogP contribution in [-0.4, -0.2) is 29.7 Å². The van der Waals surface area contributed by atoms with Crippen LogP contribution in [0.5, 0.6) is 0 Å². The number of fused-ring (bicyclic) bond motifs is 1. The SMILES string of the molecule is CN(c1ccccc1)c1ccc2c(c1)CC=C[C@H]2CNc1cnccc1C(=O)O. The fraction of sp³-hybridized carbons (Fsp3) is 0.167. The molecule has 0 bridgehead atoms. The Bertz CT molecular complexity index is 1050. The molecule has 1 atom stereocenters. The first kappa shape index (κ1) is 18.7. The van der Waals surface area contributed by atoms with E-state index in [0.29, 0.717) is 12.2 Å². The van der Waals surface area contributed by atoms with Gasteiger partial charge in [0.15, 0.2) is 0 Å². The van der Waals surface area contributed by atoms with Gasteiger partial charge in [0.25, 0.3) is 0 Å². The van der Waals surface area contributed by atoms with Crippen molar-refractivity contribution in [2.24, 2.45) is 0 Å². The first-order valence-electron chi connectivity index (χ1n) is 9.63. The number of nitrogens with zero attached hydrogens (tertiary/aromatic N) is 2. The quantitative estimate of drug-likeness (QED) is 0.594. The lowest BCUT2D eigenvalue weighted by molar-refractivity contribution is 0.0698.